The Kier molecular flexibility index (Phi) is 40.1. The highest BCUT2D eigenvalue weighted by Crippen LogP contribution is 2.15. The number of carbonyl (C=O) groups is 2. The van der Waals surface area contributed by atoms with E-state index in [9.17, 15) is 9.59 Å². The molecule has 0 radical (unpaired) electrons. The van der Waals surface area contributed by atoms with E-state index in [1.54, 1.807) is 13.8 Å². The smallest absolute Gasteiger partial charge is 0.333 e. The van der Waals surface area contributed by atoms with Crippen molar-refractivity contribution in [2.75, 3.05) is 13.2 Å². The molecule has 4 heteroatoms. The van der Waals surface area contributed by atoms with Gasteiger partial charge in [-0.1, -0.05) is 207 Å². The molecule has 0 heterocycles. The van der Waals surface area contributed by atoms with Crippen LogP contribution in [0.15, 0.2) is 24.3 Å². The zero-order chi connectivity index (χ0) is 34.4. The molecule has 0 aliphatic rings. The van der Waals surface area contributed by atoms with Crippen molar-refractivity contribution in [2.45, 2.75) is 220 Å². The first-order valence-electron chi connectivity index (χ1n) is 20.0. The van der Waals surface area contributed by atoms with Crippen molar-refractivity contribution in [3.63, 3.8) is 0 Å². The number of hydrogen-bond donors (Lipinski definition) is 0. The number of hydrogen-bond acceptors (Lipinski definition) is 4. The first-order valence-corrected chi connectivity index (χ1v) is 20.0. The number of unbranched alkanes of at least 4 members (excludes halogenated alkanes) is 28. The maximum Gasteiger partial charge on any atom is 0.333 e. The number of ether oxygens (including phenoxy) is 2. The highest BCUT2D eigenvalue weighted by Gasteiger charge is 2.03. The molecule has 0 spiro atoms. The third kappa shape index (κ3) is 40.4. The molecular weight excluding hydrogens is 568 g/mol. The summed E-state index contributed by atoms with van der Waals surface area (Å²) in [5.74, 6) is -0.509. The Bertz CT molecular complexity index is 683. The highest BCUT2D eigenvalue weighted by atomic mass is 16.5. The molecule has 0 aliphatic heterocycles. The average Bonchev–Trinajstić information content (AvgIpc) is 3.04. The third-order valence-corrected chi connectivity index (χ3v) is 8.66. The van der Waals surface area contributed by atoms with Crippen LogP contribution in [0.2, 0.25) is 0 Å². The fourth-order valence-electron chi connectivity index (χ4n) is 5.52. The zero-order valence-electron chi connectivity index (χ0n) is 31.7. The summed E-state index contributed by atoms with van der Waals surface area (Å²) < 4.78 is 10.2. The van der Waals surface area contributed by atoms with E-state index in [-0.39, 0.29) is 11.9 Å². The number of carbonyl (C=O) groups excluding carboxylic acids is 2. The molecule has 0 unspecified atom stereocenters. The molecule has 0 amide bonds. The lowest BCUT2D eigenvalue weighted by Gasteiger charge is -2.05. The van der Waals surface area contributed by atoms with Gasteiger partial charge in [-0.05, 0) is 26.7 Å². The normalized spacial score (nSPS) is 10.7. The first kappa shape index (κ1) is 46.5. The molecule has 0 rings (SSSR count). The molecule has 4 nitrogen and oxygen atoms in total. The summed E-state index contributed by atoms with van der Waals surface area (Å²) in [5.41, 5.74) is 0.983. The fourth-order valence-corrected chi connectivity index (χ4v) is 5.52. The molecule has 0 aromatic heterocycles. The van der Waals surface area contributed by atoms with Crippen molar-refractivity contribution >= 4 is 11.9 Å². The van der Waals surface area contributed by atoms with Crippen LogP contribution < -0.4 is 0 Å². The Morgan fingerprint density at radius 2 is 0.522 bits per heavy atom. The first-order chi connectivity index (χ1) is 22.4. The second kappa shape index (κ2) is 39.6. The molecule has 46 heavy (non-hydrogen) atoms. The summed E-state index contributed by atoms with van der Waals surface area (Å²) in [6.45, 7) is 16.2. The van der Waals surface area contributed by atoms with Gasteiger partial charge in [0.15, 0.2) is 0 Å². The lowest BCUT2D eigenvalue weighted by molar-refractivity contribution is -0.139. The molecule has 0 atom stereocenters. The van der Waals surface area contributed by atoms with Crippen LogP contribution in [-0.2, 0) is 19.1 Å². The summed E-state index contributed by atoms with van der Waals surface area (Å²) in [5, 5.41) is 0. The lowest BCUT2D eigenvalue weighted by atomic mass is 10.0. The largest absolute Gasteiger partial charge is 0.462 e. The van der Waals surface area contributed by atoms with E-state index in [0.717, 1.165) is 12.8 Å². The molecule has 0 aliphatic carbocycles. The fraction of sp³-hybridized carbons (Fsp3) is 0.857. The maximum atomic E-state index is 11.2. The van der Waals surface area contributed by atoms with E-state index in [1.165, 1.54) is 180 Å². The second-order valence-corrected chi connectivity index (χ2v) is 13.7. The SMILES string of the molecule is C=C(C)C(=O)OCCCCCCCCCCCCCCCC.C=C(C)C(=O)OCCCCCCCCCCCCCCCCCC. The Labute approximate surface area is 288 Å². The molecule has 0 bridgehead atoms. The van der Waals surface area contributed by atoms with E-state index in [4.69, 9.17) is 9.47 Å². The zero-order valence-corrected chi connectivity index (χ0v) is 31.7. The minimum Gasteiger partial charge on any atom is -0.462 e. The van der Waals surface area contributed by atoms with Gasteiger partial charge in [-0.25, -0.2) is 9.59 Å². The van der Waals surface area contributed by atoms with Crippen LogP contribution in [0.3, 0.4) is 0 Å². The van der Waals surface area contributed by atoms with Crippen molar-refractivity contribution < 1.29 is 19.1 Å². The Morgan fingerprint density at radius 1 is 0.348 bits per heavy atom. The lowest BCUT2D eigenvalue weighted by Crippen LogP contribution is -2.05. The van der Waals surface area contributed by atoms with Crippen molar-refractivity contribution in [2.24, 2.45) is 0 Å². The van der Waals surface area contributed by atoms with Crippen LogP contribution in [0.5, 0.6) is 0 Å². The topological polar surface area (TPSA) is 52.6 Å². The van der Waals surface area contributed by atoms with Gasteiger partial charge in [0.1, 0.15) is 0 Å². The van der Waals surface area contributed by atoms with Gasteiger partial charge in [0.05, 0.1) is 13.2 Å². The van der Waals surface area contributed by atoms with Gasteiger partial charge in [-0.3, -0.25) is 0 Å². The van der Waals surface area contributed by atoms with Crippen molar-refractivity contribution in [3.05, 3.63) is 24.3 Å². The Hall–Kier alpha value is -1.58. The van der Waals surface area contributed by atoms with E-state index < -0.39 is 0 Å². The molecule has 0 N–H and O–H groups in total. The molecule has 0 aromatic rings. The third-order valence-electron chi connectivity index (χ3n) is 8.66. The van der Waals surface area contributed by atoms with Crippen LogP contribution in [0.4, 0.5) is 0 Å². The van der Waals surface area contributed by atoms with Gasteiger partial charge in [0, 0.05) is 11.1 Å². The highest BCUT2D eigenvalue weighted by molar-refractivity contribution is 5.87. The predicted molar refractivity (Wildman–Crippen MR) is 201 cm³/mol. The van der Waals surface area contributed by atoms with Gasteiger partial charge in [0.2, 0.25) is 0 Å². The molecular formula is C42H80O4. The molecule has 272 valence electrons. The van der Waals surface area contributed by atoms with Crippen LogP contribution in [0, 0.1) is 0 Å². The minimum absolute atomic E-state index is 0.254. The van der Waals surface area contributed by atoms with E-state index in [1.807, 2.05) is 0 Å². The Balaban J connectivity index is 0. The summed E-state index contributed by atoms with van der Waals surface area (Å²) in [6.07, 6.45) is 40.5. The number of rotatable bonds is 34. The summed E-state index contributed by atoms with van der Waals surface area (Å²) >= 11 is 0. The molecule has 0 saturated heterocycles. The van der Waals surface area contributed by atoms with Crippen LogP contribution in [-0.4, -0.2) is 25.2 Å². The average molecular weight is 649 g/mol. The van der Waals surface area contributed by atoms with Gasteiger partial charge in [-0.15, -0.1) is 0 Å². The quantitative estimate of drug-likeness (QED) is 0.0396. The summed E-state index contributed by atoms with van der Waals surface area (Å²) in [6, 6.07) is 0. The predicted octanol–water partition coefficient (Wildman–Crippen LogP) is 14.0. The molecule has 0 saturated carbocycles. The van der Waals surface area contributed by atoms with E-state index in [0.29, 0.717) is 24.4 Å². The van der Waals surface area contributed by atoms with E-state index >= 15 is 0 Å². The van der Waals surface area contributed by atoms with Gasteiger partial charge in [0.25, 0.3) is 0 Å². The summed E-state index contributed by atoms with van der Waals surface area (Å²) in [7, 11) is 0. The monoisotopic (exact) mass is 649 g/mol. The summed E-state index contributed by atoms with van der Waals surface area (Å²) in [4.78, 5) is 22.3. The maximum absolute atomic E-state index is 11.2. The van der Waals surface area contributed by atoms with Crippen LogP contribution >= 0.6 is 0 Å². The van der Waals surface area contributed by atoms with Gasteiger partial charge >= 0.3 is 11.9 Å². The minimum atomic E-state index is -0.255. The van der Waals surface area contributed by atoms with Crippen molar-refractivity contribution in [3.8, 4) is 0 Å². The van der Waals surface area contributed by atoms with Crippen molar-refractivity contribution in [1.29, 1.82) is 0 Å². The van der Waals surface area contributed by atoms with E-state index in [2.05, 4.69) is 27.0 Å². The van der Waals surface area contributed by atoms with Crippen LogP contribution in [0.1, 0.15) is 220 Å². The standard InChI is InChI=1S/C22H42O2.C20H38O2/c1-4-5-6-7-8-9-10-11-12-13-14-15-16-17-18-19-20-24-22(23)21(2)3;1-4-5-6-7-8-9-10-11-12-13-14-15-16-17-18-22-20(21)19(2)3/h2,4-20H2,1,3H3;2,4-18H2,1,3H3. The molecule has 0 aromatic carbocycles. The van der Waals surface area contributed by atoms with Gasteiger partial charge < -0.3 is 9.47 Å². The molecule has 0 fully saturated rings. The Morgan fingerprint density at radius 3 is 0.696 bits per heavy atom. The number of esters is 2. The van der Waals surface area contributed by atoms with Crippen LogP contribution in [0.25, 0.3) is 0 Å². The van der Waals surface area contributed by atoms with Crippen molar-refractivity contribution in [1.82, 2.24) is 0 Å². The van der Waals surface area contributed by atoms with Gasteiger partial charge in [-0.2, -0.15) is 0 Å². The second-order valence-electron chi connectivity index (χ2n) is 13.7.